The Balaban J connectivity index is 1.98. The van der Waals surface area contributed by atoms with E-state index in [9.17, 15) is 18.0 Å². The van der Waals surface area contributed by atoms with Crippen molar-refractivity contribution in [1.29, 1.82) is 0 Å². The molecule has 0 radical (unpaired) electrons. The van der Waals surface area contributed by atoms with Crippen molar-refractivity contribution in [1.82, 2.24) is 4.31 Å². The molecular formula is C20H25N3O5S. The number of unbranched alkanes of at least 4 members (excludes halogenated alkanes) is 1. The van der Waals surface area contributed by atoms with Gasteiger partial charge in [0.25, 0.3) is 11.8 Å². The number of rotatable bonds is 10. The fraction of sp³-hybridized carbons (Fsp3) is 0.300. The van der Waals surface area contributed by atoms with Crippen LogP contribution in [0.4, 0.5) is 5.69 Å². The van der Waals surface area contributed by atoms with E-state index >= 15 is 0 Å². The third-order valence-corrected chi connectivity index (χ3v) is 6.06. The first kappa shape index (κ1) is 22.4. The Morgan fingerprint density at radius 3 is 2.38 bits per heavy atom. The fourth-order valence-corrected chi connectivity index (χ4v) is 3.74. The van der Waals surface area contributed by atoms with Crippen molar-refractivity contribution >= 4 is 27.5 Å². The second-order valence-electron chi connectivity index (χ2n) is 6.40. The Labute approximate surface area is 170 Å². The molecule has 2 aromatic carbocycles. The first-order valence-electron chi connectivity index (χ1n) is 9.13. The minimum atomic E-state index is -3.56. The average Bonchev–Trinajstić information content (AvgIpc) is 2.71. The van der Waals surface area contributed by atoms with Crippen LogP contribution in [0, 0.1) is 0 Å². The molecular weight excluding hydrogens is 394 g/mol. The van der Waals surface area contributed by atoms with E-state index in [0.29, 0.717) is 12.2 Å². The molecule has 0 unspecified atom stereocenters. The normalized spacial score (nSPS) is 11.3. The number of carbonyl (C=O) groups is 2. The van der Waals surface area contributed by atoms with Crippen LogP contribution in [0.2, 0.25) is 0 Å². The van der Waals surface area contributed by atoms with E-state index in [2.05, 4.69) is 5.32 Å². The zero-order valence-corrected chi connectivity index (χ0v) is 17.2. The smallest absolute Gasteiger partial charge is 0.262 e. The molecule has 0 aliphatic heterocycles. The molecule has 2 amide bonds. The van der Waals surface area contributed by atoms with Gasteiger partial charge in [0.15, 0.2) is 6.61 Å². The van der Waals surface area contributed by atoms with E-state index in [4.69, 9.17) is 10.5 Å². The van der Waals surface area contributed by atoms with Crippen LogP contribution in [-0.2, 0) is 14.8 Å². The molecule has 156 valence electrons. The van der Waals surface area contributed by atoms with E-state index < -0.39 is 21.8 Å². The molecule has 9 heteroatoms. The number of nitrogens with two attached hydrogens (primary N) is 1. The highest BCUT2D eigenvalue weighted by molar-refractivity contribution is 7.89. The zero-order valence-electron chi connectivity index (χ0n) is 16.4. The maximum absolute atomic E-state index is 12.5. The number of amides is 2. The summed E-state index contributed by atoms with van der Waals surface area (Å²) >= 11 is 0. The number of primary amides is 1. The summed E-state index contributed by atoms with van der Waals surface area (Å²) in [6.07, 6.45) is 1.68. The van der Waals surface area contributed by atoms with Gasteiger partial charge in [0, 0.05) is 19.3 Å². The number of benzene rings is 2. The number of carbonyl (C=O) groups excluding carboxylic acids is 2. The maximum Gasteiger partial charge on any atom is 0.262 e. The van der Waals surface area contributed by atoms with Gasteiger partial charge < -0.3 is 15.8 Å². The lowest BCUT2D eigenvalue weighted by Crippen LogP contribution is -2.28. The molecule has 0 aliphatic carbocycles. The molecule has 0 saturated carbocycles. The molecule has 0 saturated heterocycles. The van der Waals surface area contributed by atoms with Gasteiger partial charge in [0.05, 0.1) is 10.5 Å². The standard InChI is InChI=1S/C20H25N3O5S/c1-3-4-13-23(2)29(26,27)16-11-9-15(10-12-16)22-19(24)14-28-18-8-6-5-7-17(18)20(21)25/h5-12H,3-4,13-14H2,1-2H3,(H2,21,25)(H,22,24). The lowest BCUT2D eigenvalue weighted by atomic mass is 10.2. The molecule has 0 atom stereocenters. The van der Waals surface area contributed by atoms with Gasteiger partial charge in [-0.05, 0) is 42.8 Å². The Kier molecular flexibility index (Phi) is 7.74. The van der Waals surface area contributed by atoms with Gasteiger partial charge >= 0.3 is 0 Å². The van der Waals surface area contributed by atoms with Gasteiger partial charge in [-0.15, -0.1) is 0 Å². The summed E-state index contributed by atoms with van der Waals surface area (Å²) in [5.74, 6) is -0.895. The summed E-state index contributed by atoms with van der Waals surface area (Å²) in [6.45, 7) is 2.11. The van der Waals surface area contributed by atoms with Crippen molar-refractivity contribution in [2.45, 2.75) is 24.7 Å². The average molecular weight is 420 g/mol. The molecule has 29 heavy (non-hydrogen) atoms. The highest BCUT2D eigenvalue weighted by atomic mass is 32.2. The molecule has 0 spiro atoms. The summed E-state index contributed by atoms with van der Waals surface area (Å²) in [5.41, 5.74) is 5.88. The predicted molar refractivity (Wildman–Crippen MR) is 110 cm³/mol. The molecule has 0 aliphatic rings. The Hall–Kier alpha value is -2.91. The van der Waals surface area contributed by atoms with Crippen LogP contribution in [-0.4, -0.2) is 44.7 Å². The molecule has 0 fully saturated rings. The van der Waals surface area contributed by atoms with Crippen LogP contribution in [0.5, 0.6) is 5.75 Å². The molecule has 0 aromatic heterocycles. The summed E-state index contributed by atoms with van der Waals surface area (Å²) in [6, 6.07) is 12.3. The number of anilines is 1. The first-order chi connectivity index (χ1) is 13.8. The summed E-state index contributed by atoms with van der Waals surface area (Å²) < 4.78 is 31.7. The van der Waals surface area contributed by atoms with Crippen LogP contribution in [0.15, 0.2) is 53.4 Å². The van der Waals surface area contributed by atoms with Crippen molar-refractivity contribution < 1.29 is 22.7 Å². The number of hydrogen-bond acceptors (Lipinski definition) is 5. The third-order valence-electron chi connectivity index (χ3n) is 4.18. The third kappa shape index (κ3) is 6.03. The van der Waals surface area contributed by atoms with E-state index in [0.717, 1.165) is 12.8 Å². The summed E-state index contributed by atoms with van der Waals surface area (Å²) in [5, 5.41) is 2.61. The van der Waals surface area contributed by atoms with Gasteiger partial charge in [0.2, 0.25) is 10.0 Å². The maximum atomic E-state index is 12.5. The summed E-state index contributed by atoms with van der Waals surface area (Å²) in [4.78, 5) is 23.6. The van der Waals surface area contributed by atoms with Gasteiger partial charge in [0.1, 0.15) is 5.75 Å². The van der Waals surface area contributed by atoms with Crippen LogP contribution < -0.4 is 15.8 Å². The fourth-order valence-electron chi connectivity index (χ4n) is 2.53. The lowest BCUT2D eigenvalue weighted by Gasteiger charge is -2.17. The van der Waals surface area contributed by atoms with E-state index in [-0.39, 0.29) is 22.8 Å². The minimum absolute atomic E-state index is 0.153. The van der Waals surface area contributed by atoms with Gasteiger partial charge in [-0.3, -0.25) is 9.59 Å². The minimum Gasteiger partial charge on any atom is -0.483 e. The number of sulfonamides is 1. The quantitative estimate of drug-likeness (QED) is 0.612. The molecule has 2 aromatic rings. The van der Waals surface area contributed by atoms with E-state index in [1.165, 1.54) is 34.6 Å². The SMILES string of the molecule is CCCCN(C)S(=O)(=O)c1ccc(NC(=O)COc2ccccc2C(N)=O)cc1. The van der Waals surface area contributed by atoms with Crippen LogP contribution >= 0.6 is 0 Å². The topological polar surface area (TPSA) is 119 Å². The second kappa shape index (κ2) is 10.0. The Morgan fingerprint density at radius 2 is 1.76 bits per heavy atom. The second-order valence-corrected chi connectivity index (χ2v) is 8.45. The first-order valence-corrected chi connectivity index (χ1v) is 10.6. The monoisotopic (exact) mass is 419 g/mol. The van der Waals surface area contributed by atoms with Crippen molar-refractivity contribution in [3.63, 3.8) is 0 Å². The highest BCUT2D eigenvalue weighted by Gasteiger charge is 2.20. The highest BCUT2D eigenvalue weighted by Crippen LogP contribution is 2.19. The van der Waals surface area contributed by atoms with Gasteiger partial charge in [-0.25, -0.2) is 12.7 Å². The van der Waals surface area contributed by atoms with E-state index in [1.807, 2.05) is 6.92 Å². The van der Waals surface area contributed by atoms with Crippen LogP contribution in [0.25, 0.3) is 0 Å². The Bertz CT molecular complexity index is 958. The molecule has 3 N–H and O–H groups in total. The van der Waals surface area contributed by atoms with Crippen LogP contribution in [0.3, 0.4) is 0 Å². The molecule has 0 bridgehead atoms. The molecule has 0 heterocycles. The van der Waals surface area contributed by atoms with Crippen LogP contribution in [0.1, 0.15) is 30.1 Å². The van der Waals surface area contributed by atoms with E-state index in [1.54, 1.807) is 25.2 Å². The van der Waals surface area contributed by atoms with Crippen molar-refractivity contribution in [3.8, 4) is 5.75 Å². The van der Waals surface area contributed by atoms with Gasteiger partial charge in [-0.1, -0.05) is 25.5 Å². The number of hydrogen-bond donors (Lipinski definition) is 2. The number of nitrogens with zero attached hydrogens (tertiary/aromatic N) is 1. The number of ether oxygens (including phenoxy) is 1. The molecule has 8 nitrogen and oxygen atoms in total. The predicted octanol–water partition coefficient (Wildman–Crippen LogP) is 2.22. The number of para-hydroxylation sites is 1. The van der Waals surface area contributed by atoms with Crippen molar-refractivity contribution in [2.24, 2.45) is 5.73 Å². The molecule has 2 rings (SSSR count). The van der Waals surface area contributed by atoms with Crippen molar-refractivity contribution in [2.75, 3.05) is 25.5 Å². The van der Waals surface area contributed by atoms with Crippen molar-refractivity contribution in [3.05, 3.63) is 54.1 Å². The zero-order chi connectivity index (χ0) is 21.4. The lowest BCUT2D eigenvalue weighted by molar-refractivity contribution is -0.118. The Morgan fingerprint density at radius 1 is 1.10 bits per heavy atom. The number of nitrogens with one attached hydrogen (secondary N) is 1. The summed E-state index contributed by atoms with van der Waals surface area (Å²) in [7, 11) is -2.02. The van der Waals surface area contributed by atoms with Gasteiger partial charge in [-0.2, -0.15) is 0 Å². The largest absolute Gasteiger partial charge is 0.483 e.